The van der Waals surface area contributed by atoms with E-state index < -0.39 is 90.7 Å². The van der Waals surface area contributed by atoms with Crippen LogP contribution < -0.4 is 16.4 Å². The fraction of sp³-hybridized carbons (Fsp3) is 0.677. The van der Waals surface area contributed by atoms with Gasteiger partial charge in [-0.1, -0.05) is 63.9 Å². The molecule has 1 fully saturated rings. The number of unbranched alkanes of at least 4 members (excludes halogenated alkanes) is 2. The second-order valence-electron chi connectivity index (χ2n) is 14.0. The highest BCUT2D eigenvalue weighted by Crippen LogP contribution is 2.61. The van der Waals surface area contributed by atoms with Gasteiger partial charge in [0.1, 0.15) is 36.3 Å². The molecule has 2 aromatic rings. The minimum Gasteiger partial charge on any atom is -0.389 e. The minimum absolute atomic E-state index is 0.0265. The number of nitrogens with two attached hydrogens (primary N) is 1. The molecule has 60 heavy (non-hydrogen) atoms. The summed E-state index contributed by atoms with van der Waals surface area (Å²) in [5.41, 5.74) is 4.24. The molecule has 0 bridgehead atoms. The first-order valence-electron chi connectivity index (χ1n) is 18.3. The van der Waals surface area contributed by atoms with Gasteiger partial charge in [0.2, 0.25) is 11.8 Å². The zero-order valence-electron chi connectivity index (χ0n) is 32.8. The van der Waals surface area contributed by atoms with Gasteiger partial charge in [-0.15, -0.1) is 0 Å². The number of carbonyl (C=O) groups is 3. The Morgan fingerprint density at radius 2 is 1.75 bits per heavy atom. The van der Waals surface area contributed by atoms with E-state index in [9.17, 15) is 63.0 Å². The molecule has 0 spiro atoms. The van der Waals surface area contributed by atoms with Gasteiger partial charge in [-0.05, 0) is 6.42 Å². The number of nitrogen functional groups attached to an aromatic ring is 1. The van der Waals surface area contributed by atoms with E-state index in [1.807, 2.05) is 0 Å². The van der Waals surface area contributed by atoms with Crippen molar-refractivity contribution in [3.63, 3.8) is 0 Å². The highest BCUT2D eigenvalue weighted by molar-refractivity contribution is 8.13. The summed E-state index contributed by atoms with van der Waals surface area (Å²) < 4.78 is 62.2. The number of aliphatic hydroxyl groups excluding tert-OH is 3. The SMILES string of the molecule is CCCCCC(O)/C=C/CC(=O)SCCNC(=O)CCNC(=O)C(O)C(C)(C)COP(=O)(O)OP(=O)(O)OCC1OC(n2cnc3c(N)ncnc32)C(O)C1OP(=O)(O)O. The number of imidazole rings is 1. The minimum atomic E-state index is -5.58. The van der Waals surface area contributed by atoms with Crippen LogP contribution in [0.2, 0.25) is 0 Å². The van der Waals surface area contributed by atoms with Crippen LogP contribution in [0.1, 0.15) is 65.5 Å². The predicted molar refractivity (Wildman–Crippen MR) is 211 cm³/mol. The molecule has 340 valence electrons. The summed E-state index contributed by atoms with van der Waals surface area (Å²) in [5.74, 6) is -1.21. The van der Waals surface area contributed by atoms with Gasteiger partial charge < -0.3 is 56.0 Å². The Labute approximate surface area is 348 Å². The summed E-state index contributed by atoms with van der Waals surface area (Å²) in [6.45, 7) is 2.46. The molecular formula is C31H52N7O18P3S. The first kappa shape index (κ1) is 51.6. The Morgan fingerprint density at radius 1 is 1.05 bits per heavy atom. The summed E-state index contributed by atoms with van der Waals surface area (Å²) in [7, 11) is -16.4. The van der Waals surface area contributed by atoms with Gasteiger partial charge in [-0.25, -0.2) is 28.6 Å². The van der Waals surface area contributed by atoms with Crippen LogP contribution in [0.4, 0.5) is 5.82 Å². The maximum absolute atomic E-state index is 12.7. The Balaban J connectivity index is 1.43. The van der Waals surface area contributed by atoms with Crippen LogP contribution in [0, 0.1) is 5.41 Å². The Morgan fingerprint density at radius 3 is 2.43 bits per heavy atom. The number of rotatable bonds is 26. The molecule has 0 aliphatic carbocycles. The lowest BCUT2D eigenvalue weighted by Crippen LogP contribution is -2.46. The summed E-state index contributed by atoms with van der Waals surface area (Å²) in [6.07, 6.45) is -0.665. The van der Waals surface area contributed by atoms with Crippen molar-refractivity contribution in [3.05, 3.63) is 24.8 Å². The number of hydrogen-bond donors (Lipinski definition) is 10. The number of ether oxygens (including phenoxy) is 1. The molecule has 2 aromatic heterocycles. The van der Waals surface area contributed by atoms with Crippen LogP contribution in [0.15, 0.2) is 24.8 Å². The van der Waals surface area contributed by atoms with E-state index in [1.165, 1.54) is 13.8 Å². The maximum Gasteiger partial charge on any atom is 0.481 e. The first-order chi connectivity index (χ1) is 27.9. The second-order valence-corrected chi connectivity index (χ2v) is 19.4. The Bertz CT molecular complexity index is 1940. The van der Waals surface area contributed by atoms with E-state index in [2.05, 4.69) is 41.3 Å². The van der Waals surface area contributed by atoms with Crippen molar-refractivity contribution in [2.45, 2.75) is 96.0 Å². The molecule has 8 unspecified atom stereocenters. The average Bonchev–Trinajstić information content (AvgIpc) is 3.71. The zero-order chi connectivity index (χ0) is 44.9. The monoisotopic (exact) mass is 935 g/mol. The normalized spacial score (nSPS) is 21.7. The maximum atomic E-state index is 12.7. The van der Waals surface area contributed by atoms with E-state index in [0.29, 0.717) is 12.2 Å². The number of phosphoric acid groups is 3. The van der Waals surface area contributed by atoms with E-state index in [1.54, 1.807) is 12.2 Å². The number of aromatic nitrogens is 4. The molecule has 0 radical (unpaired) electrons. The van der Waals surface area contributed by atoms with Gasteiger partial charge in [0.05, 0.1) is 25.6 Å². The molecule has 1 saturated heterocycles. The van der Waals surface area contributed by atoms with Crippen molar-refractivity contribution in [1.82, 2.24) is 30.2 Å². The van der Waals surface area contributed by atoms with Gasteiger partial charge in [0, 0.05) is 37.1 Å². The average molecular weight is 936 g/mol. The van der Waals surface area contributed by atoms with Gasteiger partial charge in [0.15, 0.2) is 22.8 Å². The van der Waals surface area contributed by atoms with Crippen LogP contribution in [-0.2, 0) is 50.7 Å². The molecule has 3 rings (SSSR count). The number of nitrogens with one attached hydrogen (secondary N) is 2. The predicted octanol–water partition coefficient (Wildman–Crippen LogP) is 0.552. The van der Waals surface area contributed by atoms with Crippen LogP contribution in [0.3, 0.4) is 0 Å². The van der Waals surface area contributed by atoms with Gasteiger partial charge in [-0.2, -0.15) is 4.31 Å². The number of phosphoric ester groups is 3. The number of nitrogens with zero attached hydrogens (tertiary/aromatic N) is 4. The smallest absolute Gasteiger partial charge is 0.389 e. The largest absolute Gasteiger partial charge is 0.481 e. The molecule has 29 heteroatoms. The first-order valence-corrected chi connectivity index (χ1v) is 23.8. The standard InChI is InChI=1S/C31H52N7O18P3S/c1-4-5-6-8-19(39)9-7-10-22(41)60-14-13-33-21(40)11-12-34-29(44)26(43)31(2,3)16-53-59(50,51)56-58(48,49)52-15-20-25(55-57(45,46)47)24(42)30(54-20)38-18-37-23-27(32)35-17-36-28(23)38/h7,9,17-20,24-26,30,39,42-43H,4-6,8,10-16H2,1-3H3,(H,33,40)(H,34,44)(H,48,49)(H,50,51)(H2,32,35,36)(H2,45,46,47)/b9-7+. The van der Waals surface area contributed by atoms with Crippen LogP contribution >= 0.6 is 35.2 Å². The third-order valence-electron chi connectivity index (χ3n) is 8.51. The molecule has 25 nitrogen and oxygen atoms in total. The van der Waals surface area contributed by atoms with Crippen LogP contribution in [-0.4, -0.2) is 134 Å². The molecule has 3 heterocycles. The number of anilines is 1. The Kier molecular flexibility index (Phi) is 19.9. The molecule has 2 amide bonds. The molecule has 0 aromatic carbocycles. The lowest BCUT2D eigenvalue weighted by molar-refractivity contribution is -0.137. The Hall–Kier alpha value is -2.74. The highest BCUT2D eigenvalue weighted by Gasteiger charge is 2.50. The molecule has 0 saturated carbocycles. The van der Waals surface area contributed by atoms with E-state index >= 15 is 0 Å². The van der Waals surface area contributed by atoms with Crippen molar-refractivity contribution in [2.24, 2.45) is 5.41 Å². The summed E-state index contributed by atoms with van der Waals surface area (Å²) in [5, 5.41) is 36.1. The summed E-state index contributed by atoms with van der Waals surface area (Å²) >= 11 is 1.01. The zero-order valence-corrected chi connectivity index (χ0v) is 36.3. The third-order valence-corrected chi connectivity index (χ3v) is 12.5. The van der Waals surface area contributed by atoms with Crippen molar-refractivity contribution < 1.29 is 85.6 Å². The number of amides is 2. The number of fused-ring (bicyclic) bond motifs is 1. The molecule has 1 aliphatic rings. The number of allylic oxidation sites excluding steroid dienone is 1. The van der Waals surface area contributed by atoms with Crippen molar-refractivity contribution in [3.8, 4) is 0 Å². The van der Waals surface area contributed by atoms with Gasteiger partial charge >= 0.3 is 23.5 Å². The van der Waals surface area contributed by atoms with Crippen molar-refractivity contribution in [1.29, 1.82) is 0 Å². The number of hydrogen-bond acceptors (Lipinski definition) is 19. The second kappa shape index (κ2) is 23.1. The van der Waals surface area contributed by atoms with Crippen LogP contribution in [0.5, 0.6) is 0 Å². The summed E-state index contributed by atoms with van der Waals surface area (Å²) in [6, 6.07) is 0. The van der Waals surface area contributed by atoms with Gasteiger partial charge in [0.25, 0.3) is 0 Å². The lowest BCUT2D eigenvalue weighted by Gasteiger charge is -2.30. The number of aliphatic hydroxyl groups is 3. The van der Waals surface area contributed by atoms with Crippen molar-refractivity contribution >= 4 is 69.1 Å². The fourth-order valence-electron chi connectivity index (χ4n) is 5.38. The number of carbonyl (C=O) groups excluding carboxylic acids is 3. The highest BCUT2D eigenvalue weighted by atomic mass is 32.2. The molecule has 11 N–H and O–H groups in total. The van der Waals surface area contributed by atoms with E-state index in [-0.39, 0.29) is 48.0 Å². The van der Waals surface area contributed by atoms with E-state index in [0.717, 1.165) is 48.2 Å². The third kappa shape index (κ3) is 16.9. The summed E-state index contributed by atoms with van der Waals surface area (Å²) in [4.78, 5) is 87.8. The van der Waals surface area contributed by atoms with E-state index in [4.69, 9.17) is 19.5 Å². The van der Waals surface area contributed by atoms with Gasteiger partial charge in [-0.3, -0.25) is 32.5 Å². The lowest BCUT2D eigenvalue weighted by atomic mass is 9.87. The van der Waals surface area contributed by atoms with Crippen molar-refractivity contribution in [2.75, 3.05) is 37.8 Å². The fourth-order valence-corrected chi connectivity index (χ4v) is 8.85. The topological polar surface area (TPSA) is 384 Å². The molecule has 8 atom stereocenters. The molecular weight excluding hydrogens is 883 g/mol. The molecule has 1 aliphatic heterocycles. The van der Waals surface area contributed by atoms with Crippen LogP contribution in [0.25, 0.3) is 11.2 Å². The quantitative estimate of drug-likeness (QED) is 0.0350. The number of thioether (sulfide) groups is 1.